The number of amides is 1. The maximum absolute atomic E-state index is 12.1. The van der Waals surface area contributed by atoms with Crippen LogP contribution in [0.5, 0.6) is 0 Å². The quantitative estimate of drug-likeness (QED) is 0.776. The third-order valence-corrected chi connectivity index (χ3v) is 4.26. The molecule has 0 radical (unpaired) electrons. The van der Waals surface area contributed by atoms with E-state index in [-0.39, 0.29) is 18.2 Å². The first-order valence-electron chi connectivity index (χ1n) is 6.25. The molecule has 3 N–H and O–H groups in total. The number of nitrogens with one attached hydrogen (secondary N) is 1. The zero-order valence-corrected chi connectivity index (χ0v) is 12.8. The summed E-state index contributed by atoms with van der Waals surface area (Å²) in [4.78, 5) is 13.0. The maximum atomic E-state index is 12.1. The Labute approximate surface area is 120 Å². The topological polar surface area (TPSA) is 92.5 Å². The van der Waals surface area contributed by atoms with E-state index in [0.29, 0.717) is 5.56 Å². The number of benzene rings is 1. The van der Waals surface area contributed by atoms with E-state index in [1.807, 2.05) is 6.07 Å². The molecule has 0 bridgehead atoms. The molecule has 0 saturated heterocycles. The van der Waals surface area contributed by atoms with E-state index < -0.39 is 16.1 Å². The van der Waals surface area contributed by atoms with Crippen molar-refractivity contribution in [2.75, 3.05) is 14.1 Å². The molecular formula is C13H21N3O3S. The van der Waals surface area contributed by atoms with Gasteiger partial charge in [0.2, 0.25) is 15.9 Å². The van der Waals surface area contributed by atoms with Crippen LogP contribution in [0.2, 0.25) is 0 Å². The second-order valence-corrected chi connectivity index (χ2v) is 6.56. The molecule has 1 aromatic rings. The van der Waals surface area contributed by atoms with Gasteiger partial charge < -0.3 is 10.6 Å². The first-order valence-corrected chi connectivity index (χ1v) is 7.90. The van der Waals surface area contributed by atoms with Crippen LogP contribution in [0.3, 0.4) is 0 Å². The lowest BCUT2D eigenvalue weighted by molar-refractivity contribution is -0.130. The summed E-state index contributed by atoms with van der Waals surface area (Å²) >= 11 is 0. The zero-order chi connectivity index (χ0) is 15.3. The van der Waals surface area contributed by atoms with E-state index in [1.165, 1.54) is 11.8 Å². The van der Waals surface area contributed by atoms with Gasteiger partial charge >= 0.3 is 0 Å². The Bertz CT molecular complexity index is 570. The Morgan fingerprint density at radius 1 is 1.30 bits per heavy atom. The third kappa shape index (κ3) is 4.59. The van der Waals surface area contributed by atoms with E-state index in [2.05, 4.69) is 4.72 Å². The van der Waals surface area contributed by atoms with E-state index >= 15 is 0 Å². The van der Waals surface area contributed by atoms with Crippen LogP contribution < -0.4 is 10.5 Å². The highest BCUT2D eigenvalue weighted by Crippen LogP contribution is 2.11. The van der Waals surface area contributed by atoms with Gasteiger partial charge in [-0.25, -0.2) is 13.1 Å². The van der Waals surface area contributed by atoms with Gasteiger partial charge in [-0.15, -0.1) is 0 Å². The van der Waals surface area contributed by atoms with Gasteiger partial charge in [-0.3, -0.25) is 4.79 Å². The molecule has 1 rings (SSSR count). The maximum Gasteiger partial charge on any atom is 0.239 e. The summed E-state index contributed by atoms with van der Waals surface area (Å²) in [6.07, 6.45) is 0. The molecule has 0 fully saturated rings. The molecule has 1 atom stereocenters. The number of likely N-dealkylation sites (N-methyl/N-ethyl adjacent to an activating group) is 1. The Morgan fingerprint density at radius 3 is 2.35 bits per heavy atom. The number of nitrogens with two attached hydrogens (primary N) is 1. The van der Waals surface area contributed by atoms with Gasteiger partial charge in [-0.2, -0.15) is 0 Å². The van der Waals surface area contributed by atoms with Crippen molar-refractivity contribution in [3.8, 4) is 0 Å². The molecule has 0 aliphatic rings. The van der Waals surface area contributed by atoms with Crippen molar-refractivity contribution in [3.63, 3.8) is 0 Å². The van der Waals surface area contributed by atoms with Gasteiger partial charge in [0.15, 0.2) is 0 Å². The molecular weight excluding hydrogens is 278 g/mol. The minimum Gasteiger partial charge on any atom is -0.347 e. The molecule has 0 aliphatic carbocycles. The van der Waals surface area contributed by atoms with E-state index in [9.17, 15) is 13.2 Å². The summed E-state index contributed by atoms with van der Waals surface area (Å²) in [5.41, 5.74) is 7.01. The molecule has 1 unspecified atom stereocenters. The van der Waals surface area contributed by atoms with Crippen molar-refractivity contribution in [3.05, 3.63) is 35.4 Å². The number of hydrogen-bond acceptors (Lipinski definition) is 4. The van der Waals surface area contributed by atoms with Crippen LogP contribution in [0.15, 0.2) is 24.3 Å². The minimum atomic E-state index is -3.60. The number of rotatable bonds is 6. The van der Waals surface area contributed by atoms with Crippen LogP contribution in [-0.2, 0) is 27.1 Å². The number of carbonyl (C=O) groups is 1. The minimum absolute atomic E-state index is 0.189. The molecule has 0 aliphatic heterocycles. The van der Waals surface area contributed by atoms with Gasteiger partial charge in [-0.1, -0.05) is 24.3 Å². The second kappa shape index (κ2) is 6.83. The molecule has 1 amide bonds. The highest BCUT2D eigenvalue weighted by molar-refractivity contribution is 7.88. The van der Waals surface area contributed by atoms with Crippen molar-refractivity contribution in [1.29, 1.82) is 0 Å². The Kier molecular flexibility index (Phi) is 5.67. The molecule has 0 saturated carbocycles. The Balaban J connectivity index is 2.83. The van der Waals surface area contributed by atoms with Crippen LogP contribution >= 0.6 is 0 Å². The summed E-state index contributed by atoms with van der Waals surface area (Å²) < 4.78 is 26.5. The van der Waals surface area contributed by atoms with E-state index in [1.54, 1.807) is 32.3 Å². The number of sulfonamides is 1. The van der Waals surface area contributed by atoms with Crippen molar-refractivity contribution >= 4 is 15.9 Å². The van der Waals surface area contributed by atoms with Crippen LogP contribution in [0.1, 0.15) is 18.1 Å². The summed E-state index contributed by atoms with van der Waals surface area (Å²) in [6, 6.07) is 6.29. The van der Waals surface area contributed by atoms with E-state index in [4.69, 9.17) is 5.73 Å². The molecule has 7 heteroatoms. The van der Waals surface area contributed by atoms with Crippen LogP contribution in [0.4, 0.5) is 0 Å². The smallest absolute Gasteiger partial charge is 0.239 e. The molecule has 112 valence electrons. The predicted molar refractivity (Wildman–Crippen MR) is 78.2 cm³/mol. The van der Waals surface area contributed by atoms with E-state index in [0.717, 1.165) is 5.56 Å². The highest BCUT2D eigenvalue weighted by atomic mass is 32.2. The van der Waals surface area contributed by atoms with Gasteiger partial charge in [0, 0.05) is 20.6 Å². The van der Waals surface area contributed by atoms with Gasteiger partial charge in [0.05, 0.1) is 11.8 Å². The first-order chi connectivity index (χ1) is 9.26. The Morgan fingerprint density at radius 2 is 1.85 bits per heavy atom. The molecule has 0 aromatic heterocycles. The van der Waals surface area contributed by atoms with Crippen LogP contribution in [0, 0.1) is 0 Å². The highest BCUT2D eigenvalue weighted by Gasteiger charge is 2.22. The normalized spacial score (nSPS) is 13.0. The summed E-state index contributed by atoms with van der Waals surface area (Å²) in [5.74, 6) is -0.480. The third-order valence-electron chi connectivity index (χ3n) is 2.85. The van der Waals surface area contributed by atoms with Gasteiger partial charge in [0.25, 0.3) is 0 Å². The van der Waals surface area contributed by atoms with Gasteiger partial charge in [-0.05, 0) is 18.1 Å². The standard InChI is InChI=1S/C13H21N3O3S/c1-10(13(17)16(2)3)15-20(18,19)9-12-7-5-4-6-11(12)8-14/h4-7,10,15H,8-9,14H2,1-3H3. The Hall–Kier alpha value is -1.44. The number of hydrogen-bond donors (Lipinski definition) is 2. The average Bonchev–Trinajstić information content (AvgIpc) is 2.37. The fourth-order valence-corrected chi connectivity index (χ4v) is 3.26. The fraction of sp³-hybridized carbons (Fsp3) is 0.462. The van der Waals surface area contributed by atoms with Gasteiger partial charge in [0.1, 0.15) is 0 Å². The lowest BCUT2D eigenvalue weighted by Gasteiger charge is -2.18. The first kappa shape index (κ1) is 16.6. The zero-order valence-electron chi connectivity index (χ0n) is 12.0. The average molecular weight is 299 g/mol. The van der Waals surface area contributed by atoms with Crippen molar-refractivity contribution < 1.29 is 13.2 Å². The van der Waals surface area contributed by atoms with Crippen LogP contribution in [-0.4, -0.2) is 39.4 Å². The van der Waals surface area contributed by atoms with Crippen molar-refractivity contribution in [2.24, 2.45) is 5.73 Å². The molecule has 0 spiro atoms. The largest absolute Gasteiger partial charge is 0.347 e. The lowest BCUT2D eigenvalue weighted by atomic mass is 10.1. The van der Waals surface area contributed by atoms with Crippen molar-refractivity contribution in [2.45, 2.75) is 25.3 Å². The lowest BCUT2D eigenvalue weighted by Crippen LogP contribution is -2.44. The van der Waals surface area contributed by atoms with Crippen molar-refractivity contribution in [1.82, 2.24) is 9.62 Å². The fourth-order valence-electron chi connectivity index (χ4n) is 1.85. The number of carbonyl (C=O) groups excluding carboxylic acids is 1. The van der Waals surface area contributed by atoms with Crippen LogP contribution in [0.25, 0.3) is 0 Å². The second-order valence-electron chi connectivity index (χ2n) is 4.80. The summed E-state index contributed by atoms with van der Waals surface area (Å²) in [5, 5.41) is 0. The molecule has 20 heavy (non-hydrogen) atoms. The SMILES string of the molecule is CC(NS(=O)(=O)Cc1ccccc1CN)C(=O)N(C)C. The molecule has 0 heterocycles. The summed E-state index contributed by atoms with van der Waals surface area (Å²) in [7, 11) is -0.438. The number of nitrogens with zero attached hydrogens (tertiary/aromatic N) is 1. The summed E-state index contributed by atoms with van der Waals surface area (Å²) in [6.45, 7) is 1.80. The monoisotopic (exact) mass is 299 g/mol. The molecule has 6 nitrogen and oxygen atoms in total. The molecule has 1 aromatic carbocycles. The predicted octanol–water partition coefficient (Wildman–Crippen LogP) is 0.0414.